The van der Waals surface area contributed by atoms with Gasteiger partial charge in [0.2, 0.25) is 0 Å². The quantitative estimate of drug-likeness (QED) is 0.679. The Bertz CT molecular complexity index is 436. The molecule has 1 aliphatic rings. The normalized spacial score (nSPS) is 20.8. The fourth-order valence-electron chi connectivity index (χ4n) is 1.74. The van der Waals surface area contributed by atoms with Crippen LogP contribution in [0.3, 0.4) is 0 Å². The lowest BCUT2D eigenvalue weighted by molar-refractivity contribution is -0.140. The van der Waals surface area contributed by atoms with Crippen molar-refractivity contribution >= 4 is 5.78 Å². The summed E-state index contributed by atoms with van der Waals surface area (Å²) in [5.74, 6) is -1.78. The van der Waals surface area contributed by atoms with Gasteiger partial charge in [0.25, 0.3) is 0 Å². The van der Waals surface area contributed by atoms with Crippen molar-refractivity contribution in [2.24, 2.45) is 0 Å². The van der Waals surface area contributed by atoms with Crippen molar-refractivity contribution in [3.63, 3.8) is 0 Å². The van der Waals surface area contributed by atoms with E-state index in [2.05, 4.69) is 0 Å². The Morgan fingerprint density at radius 2 is 1.94 bits per heavy atom. The number of carbonyl (C=O) groups excluding carboxylic acids is 1. The van der Waals surface area contributed by atoms with Gasteiger partial charge in [-0.1, -0.05) is 6.07 Å². The topological polar surface area (TPSA) is 17.1 Å². The van der Waals surface area contributed by atoms with E-state index in [1.165, 1.54) is 6.07 Å². The maximum atomic E-state index is 13.2. The second-order valence-electron chi connectivity index (χ2n) is 3.79. The van der Waals surface area contributed by atoms with E-state index in [9.17, 15) is 22.4 Å². The van der Waals surface area contributed by atoms with Crippen molar-refractivity contribution in [3.05, 3.63) is 35.1 Å². The van der Waals surface area contributed by atoms with Crippen LogP contribution in [-0.2, 0) is 11.0 Å². The summed E-state index contributed by atoms with van der Waals surface area (Å²) in [7, 11) is 0. The molecule has 0 saturated heterocycles. The summed E-state index contributed by atoms with van der Waals surface area (Å²) < 4.78 is 49.9. The summed E-state index contributed by atoms with van der Waals surface area (Å²) in [6, 6.07) is 2.68. The highest BCUT2D eigenvalue weighted by atomic mass is 19.4. The molecule has 0 heterocycles. The minimum absolute atomic E-state index is 0.0424. The molecule has 5 heteroatoms. The Balaban J connectivity index is 2.33. The molecule has 0 spiro atoms. The van der Waals surface area contributed by atoms with Crippen LogP contribution in [0.25, 0.3) is 0 Å². The van der Waals surface area contributed by atoms with Gasteiger partial charge < -0.3 is 0 Å². The fraction of sp³-hybridized carbons (Fsp3) is 0.364. The van der Waals surface area contributed by atoms with Crippen molar-refractivity contribution in [2.75, 3.05) is 0 Å². The van der Waals surface area contributed by atoms with E-state index >= 15 is 0 Å². The summed E-state index contributed by atoms with van der Waals surface area (Å²) >= 11 is 0. The number of halogens is 4. The highest BCUT2D eigenvalue weighted by Crippen LogP contribution is 2.36. The van der Waals surface area contributed by atoms with E-state index in [1.54, 1.807) is 0 Å². The number of rotatable bonds is 1. The van der Waals surface area contributed by atoms with Gasteiger partial charge in [0.05, 0.1) is 5.56 Å². The second-order valence-corrected chi connectivity index (χ2v) is 3.79. The summed E-state index contributed by atoms with van der Waals surface area (Å²) in [6.07, 6.45) is -3.68. The average molecular weight is 232 g/mol. The summed E-state index contributed by atoms with van der Waals surface area (Å²) in [6.45, 7) is 0. The lowest BCUT2D eigenvalue weighted by Crippen LogP contribution is -2.23. The molecule has 86 valence electrons. The Morgan fingerprint density at radius 1 is 1.25 bits per heavy atom. The number of alkyl halides is 3. The molecule has 0 amide bonds. The Labute approximate surface area is 89.1 Å². The third-order valence-electron chi connectivity index (χ3n) is 2.77. The molecule has 1 unspecified atom stereocenters. The van der Waals surface area contributed by atoms with E-state index in [4.69, 9.17) is 0 Å². The first-order valence-corrected chi connectivity index (χ1v) is 4.79. The van der Waals surface area contributed by atoms with Crippen LogP contribution < -0.4 is 0 Å². The Hall–Kier alpha value is -1.39. The molecule has 0 aromatic heterocycles. The smallest absolute Gasteiger partial charge is 0.299 e. The molecule has 1 fully saturated rings. The maximum Gasteiger partial charge on any atom is 0.419 e. The minimum Gasteiger partial charge on any atom is -0.299 e. The van der Waals surface area contributed by atoms with Gasteiger partial charge in [-0.25, -0.2) is 4.39 Å². The number of carbonyl (C=O) groups is 1. The van der Waals surface area contributed by atoms with Gasteiger partial charge >= 0.3 is 6.18 Å². The molecule has 2 rings (SSSR count). The van der Waals surface area contributed by atoms with Crippen LogP contribution in [0.2, 0.25) is 0 Å². The molecule has 1 aliphatic carbocycles. The summed E-state index contributed by atoms with van der Waals surface area (Å²) in [5, 5.41) is 0. The average Bonchev–Trinajstić information content (AvgIpc) is 2.13. The van der Waals surface area contributed by atoms with E-state index in [1.807, 2.05) is 0 Å². The van der Waals surface area contributed by atoms with Crippen LogP contribution in [0.15, 0.2) is 18.2 Å². The molecule has 1 aromatic rings. The van der Waals surface area contributed by atoms with Gasteiger partial charge in [-0.3, -0.25) is 4.79 Å². The molecular formula is C11H8F4O. The van der Waals surface area contributed by atoms with Crippen LogP contribution in [-0.4, -0.2) is 5.78 Å². The molecule has 16 heavy (non-hydrogen) atoms. The van der Waals surface area contributed by atoms with E-state index in [0.717, 1.165) is 6.07 Å². The number of hydrogen-bond acceptors (Lipinski definition) is 1. The van der Waals surface area contributed by atoms with Crippen LogP contribution in [0.1, 0.15) is 29.9 Å². The van der Waals surface area contributed by atoms with Crippen LogP contribution >= 0.6 is 0 Å². The highest BCUT2D eigenvalue weighted by Gasteiger charge is 2.35. The van der Waals surface area contributed by atoms with Gasteiger partial charge in [-0.05, 0) is 24.1 Å². The molecule has 0 bridgehead atoms. The molecule has 1 atom stereocenters. The standard InChI is InChI=1S/C11H8F4O/c12-9-5-6(7-2-4-10(7)16)1-3-8(9)11(13,14)15/h1,3,5,7H,2,4H2. The zero-order valence-electron chi connectivity index (χ0n) is 8.14. The molecule has 1 nitrogen and oxygen atoms in total. The van der Waals surface area contributed by atoms with Crippen molar-refractivity contribution in [1.82, 2.24) is 0 Å². The lowest BCUT2D eigenvalue weighted by Gasteiger charge is -2.24. The molecule has 0 N–H and O–H groups in total. The van der Waals surface area contributed by atoms with E-state index < -0.39 is 23.5 Å². The first-order chi connectivity index (χ1) is 7.39. The summed E-state index contributed by atoms with van der Waals surface area (Å²) in [5.41, 5.74) is -0.954. The second kappa shape index (κ2) is 3.57. The monoisotopic (exact) mass is 232 g/mol. The first kappa shape index (κ1) is 11.1. The number of ketones is 1. The molecule has 0 radical (unpaired) electrons. The predicted molar refractivity (Wildman–Crippen MR) is 48.4 cm³/mol. The van der Waals surface area contributed by atoms with Gasteiger partial charge in [-0.2, -0.15) is 13.2 Å². The number of benzene rings is 1. The molecular weight excluding hydrogens is 224 g/mol. The molecule has 1 saturated carbocycles. The largest absolute Gasteiger partial charge is 0.419 e. The van der Waals surface area contributed by atoms with Crippen molar-refractivity contribution in [2.45, 2.75) is 24.9 Å². The zero-order chi connectivity index (χ0) is 11.9. The van der Waals surface area contributed by atoms with Crippen molar-refractivity contribution in [1.29, 1.82) is 0 Å². The third-order valence-corrected chi connectivity index (χ3v) is 2.77. The fourth-order valence-corrected chi connectivity index (χ4v) is 1.74. The third kappa shape index (κ3) is 1.81. The van der Waals surface area contributed by atoms with Gasteiger partial charge in [0, 0.05) is 12.3 Å². The number of Topliss-reactive ketones (excluding diaryl/α,β-unsaturated/α-hetero) is 1. The lowest BCUT2D eigenvalue weighted by atomic mass is 9.78. The number of hydrogen-bond donors (Lipinski definition) is 0. The van der Waals surface area contributed by atoms with Crippen LogP contribution in [0, 0.1) is 5.82 Å². The Morgan fingerprint density at radius 3 is 2.31 bits per heavy atom. The summed E-state index contributed by atoms with van der Waals surface area (Å²) in [4.78, 5) is 11.1. The van der Waals surface area contributed by atoms with Crippen molar-refractivity contribution in [3.8, 4) is 0 Å². The predicted octanol–water partition coefficient (Wildman–Crippen LogP) is 3.29. The van der Waals surface area contributed by atoms with Gasteiger partial charge in [-0.15, -0.1) is 0 Å². The first-order valence-electron chi connectivity index (χ1n) is 4.79. The SMILES string of the molecule is O=C1CCC1c1ccc(C(F)(F)F)c(F)c1. The van der Waals surface area contributed by atoms with Gasteiger partial charge in [0.1, 0.15) is 11.6 Å². The molecule has 1 aromatic carbocycles. The van der Waals surface area contributed by atoms with Crippen molar-refractivity contribution < 1.29 is 22.4 Å². The minimum atomic E-state index is -4.69. The van der Waals surface area contributed by atoms with Crippen LogP contribution in [0.5, 0.6) is 0 Å². The van der Waals surface area contributed by atoms with Crippen LogP contribution in [0.4, 0.5) is 17.6 Å². The van der Waals surface area contributed by atoms with E-state index in [0.29, 0.717) is 24.5 Å². The van der Waals surface area contributed by atoms with Gasteiger partial charge in [0.15, 0.2) is 0 Å². The maximum absolute atomic E-state index is 13.2. The highest BCUT2D eigenvalue weighted by molar-refractivity contribution is 5.91. The molecule has 0 aliphatic heterocycles. The van der Waals surface area contributed by atoms with E-state index in [-0.39, 0.29) is 5.78 Å². The zero-order valence-corrected chi connectivity index (χ0v) is 8.14. The Kier molecular flexibility index (Phi) is 2.48.